The second-order valence-electron chi connectivity index (χ2n) is 13.6. The zero-order valence-corrected chi connectivity index (χ0v) is 28.2. The zero-order chi connectivity index (χ0) is 34.2. The molecule has 11 rings (SSSR count). The van der Waals surface area contributed by atoms with E-state index in [2.05, 4.69) is 193 Å². The van der Waals surface area contributed by atoms with Crippen LogP contribution in [0, 0.1) is 0 Å². The molecule has 0 saturated carbocycles. The lowest BCUT2D eigenvalue weighted by Crippen LogP contribution is -2.36. The molecular weight excluding hydrogens is 635 g/mol. The van der Waals surface area contributed by atoms with Gasteiger partial charge in [-0.25, -0.2) is 0 Å². The van der Waals surface area contributed by atoms with E-state index in [9.17, 15) is 0 Å². The third kappa shape index (κ3) is 4.02. The van der Waals surface area contributed by atoms with Crippen LogP contribution in [0.5, 0.6) is 23.0 Å². The van der Waals surface area contributed by atoms with E-state index in [1.807, 2.05) is 0 Å². The summed E-state index contributed by atoms with van der Waals surface area (Å²) in [6, 6.07) is 67.0. The van der Waals surface area contributed by atoms with Gasteiger partial charge in [0.25, 0.3) is 0 Å². The van der Waals surface area contributed by atoms with Crippen molar-refractivity contribution in [3.63, 3.8) is 0 Å². The van der Waals surface area contributed by atoms with Crippen LogP contribution >= 0.6 is 0 Å². The van der Waals surface area contributed by atoms with Gasteiger partial charge in [-0.15, -0.1) is 0 Å². The largest absolute Gasteiger partial charge is 0.457 e. The molecule has 1 spiro atoms. The Bertz CT molecular complexity index is 2810. The van der Waals surface area contributed by atoms with E-state index >= 15 is 0 Å². The summed E-state index contributed by atoms with van der Waals surface area (Å²) in [5.74, 6) is 3.39. The van der Waals surface area contributed by atoms with Gasteiger partial charge in [0.1, 0.15) is 23.0 Å². The van der Waals surface area contributed by atoms with Crippen molar-refractivity contribution in [2.24, 2.45) is 0 Å². The summed E-state index contributed by atoms with van der Waals surface area (Å²) < 4.78 is 16.0. The summed E-state index contributed by atoms with van der Waals surface area (Å²) in [6.45, 7) is 0. The lowest BCUT2D eigenvalue weighted by molar-refractivity contribution is 0.399. The molecule has 3 heterocycles. The number of ether oxygens (including phenoxy) is 2. The first-order valence-electron chi connectivity index (χ1n) is 17.8. The van der Waals surface area contributed by atoms with Crippen molar-refractivity contribution in [3.8, 4) is 50.9 Å². The van der Waals surface area contributed by atoms with Crippen molar-refractivity contribution >= 4 is 21.8 Å². The molecule has 0 bridgehead atoms. The van der Waals surface area contributed by atoms with Crippen LogP contribution in [0.3, 0.4) is 0 Å². The molecule has 0 atom stereocenters. The number of benzene rings is 8. The van der Waals surface area contributed by atoms with Crippen molar-refractivity contribution in [2.45, 2.75) is 5.41 Å². The third-order valence-corrected chi connectivity index (χ3v) is 10.9. The Morgan fingerprint density at radius 3 is 1.75 bits per heavy atom. The Balaban J connectivity index is 1.23. The maximum Gasteiger partial charge on any atom is 0.132 e. The molecule has 0 fully saturated rings. The van der Waals surface area contributed by atoms with E-state index in [1.165, 1.54) is 21.8 Å². The quantitative estimate of drug-likeness (QED) is 0.187. The van der Waals surface area contributed by atoms with Gasteiger partial charge in [-0.2, -0.15) is 0 Å². The third-order valence-electron chi connectivity index (χ3n) is 10.9. The Labute approximate surface area is 301 Å². The highest BCUT2D eigenvalue weighted by atomic mass is 16.5. The van der Waals surface area contributed by atoms with Crippen LogP contribution in [0.2, 0.25) is 0 Å². The van der Waals surface area contributed by atoms with Gasteiger partial charge in [-0.05, 0) is 65.2 Å². The van der Waals surface area contributed by atoms with E-state index in [4.69, 9.17) is 9.47 Å². The van der Waals surface area contributed by atoms with Crippen LogP contribution in [-0.2, 0) is 5.41 Å². The van der Waals surface area contributed by atoms with E-state index in [1.54, 1.807) is 0 Å². The fourth-order valence-electron chi connectivity index (χ4n) is 8.74. The zero-order valence-electron chi connectivity index (χ0n) is 28.2. The molecule has 0 N–H and O–H groups in total. The fourth-order valence-corrected chi connectivity index (χ4v) is 8.74. The highest BCUT2D eigenvalue weighted by Crippen LogP contribution is 2.62. The Morgan fingerprint density at radius 1 is 0.365 bits per heavy atom. The topological polar surface area (TPSA) is 23.4 Å². The smallest absolute Gasteiger partial charge is 0.132 e. The highest BCUT2D eigenvalue weighted by molar-refractivity contribution is 6.13. The van der Waals surface area contributed by atoms with Crippen LogP contribution in [0.15, 0.2) is 188 Å². The molecule has 0 radical (unpaired) electrons. The van der Waals surface area contributed by atoms with Crippen LogP contribution in [0.25, 0.3) is 49.7 Å². The van der Waals surface area contributed by atoms with Gasteiger partial charge >= 0.3 is 0 Å². The van der Waals surface area contributed by atoms with Crippen LogP contribution < -0.4 is 9.47 Å². The Hall–Kier alpha value is -6.84. The van der Waals surface area contributed by atoms with Gasteiger partial charge in [-0.3, -0.25) is 0 Å². The summed E-state index contributed by atoms with van der Waals surface area (Å²) in [5, 5.41) is 2.46. The summed E-state index contributed by atoms with van der Waals surface area (Å²) in [7, 11) is 0. The number of hydrogen-bond acceptors (Lipinski definition) is 2. The van der Waals surface area contributed by atoms with E-state index < -0.39 is 5.41 Å². The predicted octanol–water partition coefficient (Wildman–Crippen LogP) is 12.7. The average molecular weight is 666 g/mol. The van der Waals surface area contributed by atoms with Crippen LogP contribution in [-0.4, -0.2) is 4.57 Å². The molecule has 3 heteroatoms. The molecule has 0 saturated heterocycles. The molecule has 0 aliphatic carbocycles. The summed E-state index contributed by atoms with van der Waals surface area (Å²) in [5.41, 5.74) is 11.7. The van der Waals surface area contributed by atoms with Gasteiger partial charge in [0, 0.05) is 44.3 Å². The molecule has 8 aromatic carbocycles. The monoisotopic (exact) mass is 665 g/mol. The maximum absolute atomic E-state index is 6.97. The molecule has 9 aromatic rings. The molecule has 3 nitrogen and oxygen atoms in total. The number of para-hydroxylation sites is 5. The predicted molar refractivity (Wildman–Crippen MR) is 210 cm³/mol. The summed E-state index contributed by atoms with van der Waals surface area (Å²) >= 11 is 0. The first-order chi connectivity index (χ1) is 25.8. The number of hydrogen-bond donors (Lipinski definition) is 0. The minimum absolute atomic E-state index is 0.695. The van der Waals surface area contributed by atoms with Crippen molar-refractivity contribution in [3.05, 3.63) is 210 Å². The standard InChI is InChI=1S/C49H31NO2/c1-3-14-32(15-4-1)33-26-28-41-47(31-33)52-46-29-27-34(30-42(46)49(41)39-21-8-11-24-44(39)51-45-25-12-9-22-40(45)49)36-19-13-20-38-37-18-7-10-23-43(37)50(48(36)38)35-16-5-2-6-17-35/h1-31H. The SMILES string of the molecule is c1ccc(-c2ccc3c(c2)Oc2ccc(-c4cccc5c6ccccc6n(-c6ccccc6)c45)cc2C32c3ccccc3Oc3ccccc32)cc1. The lowest BCUT2D eigenvalue weighted by Gasteiger charge is -2.45. The molecule has 2 aliphatic heterocycles. The second-order valence-corrected chi connectivity index (χ2v) is 13.6. The van der Waals surface area contributed by atoms with E-state index in [0.29, 0.717) is 0 Å². The van der Waals surface area contributed by atoms with Gasteiger partial charge in [0.2, 0.25) is 0 Å². The van der Waals surface area contributed by atoms with Crippen molar-refractivity contribution in [2.75, 3.05) is 0 Å². The van der Waals surface area contributed by atoms with Crippen LogP contribution in [0.1, 0.15) is 22.3 Å². The fraction of sp³-hybridized carbons (Fsp3) is 0.0204. The number of nitrogens with zero attached hydrogens (tertiary/aromatic N) is 1. The maximum atomic E-state index is 6.97. The van der Waals surface area contributed by atoms with Crippen LogP contribution in [0.4, 0.5) is 0 Å². The van der Waals surface area contributed by atoms with Gasteiger partial charge in [-0.1, -0.05) is 140 Å². The van der Waals surface area contributed by atoms with Crippen molar-refractivity contribution in [1.82, 2.24) is 4.57 Å². The molecule has 1 aromatic heterocycles. The second kappa shape index (κ2) is 11.1. The minimum atomic E-state index is -0.695. The molecule has 0 amide bonds. The number of aromatic nitrogens is 1. The Kier molecular flexibility index (Phi) is 6.17. The normalized spacial score (nSPS) is 13.5. The Morgan fingerprint density at radius 2 is 0.962 bits per heavy atom. The molecule has 244 valence electrons. The van der Waals surface area contributed by atoms with Crippen molar-refractivity contribution in [1.29, 1.82) is 0 Å². The van der Waals surface area contributed by atoms with Gasteiger partial charge in [0.05, 0.1) is 16.4 Å². The highest BCUT2D eigenvalue weighted by Gasteiger charge is 2.50. The number of rotatable bonds is 3. The molecule has 2 aliphatic rings. The summed E-state index contributed by atoms with van der Waals surface area (Å²) in [6.07, 6.45) is 0. The molecular formula is C49H31NO2. The lowest BCUT2D eigenvalue weighted by atomic mass is 9.62. The van der Waals surface area contributed by atoms with E-state index in [0.717, 1.165) is 73.2 Å². The average Bonchev–Trinajstić information content (AvgIpc) is 3.56. The van der Waals surface area contributed by atoms with Gasteiger partial charge < -0.3 is 14.0 Å². The molecule has 0 unspecified atom stereocenters. The number of fused-ring (bicyclic) bond motifs is 11. The molecule has 52 heavy (non-hydrogen) atoms. The van der Waals surface area contributed by atoms with Gasteiger partial charge in [0.15, 0.2) is 0 Å². The first-order valence-corrected chi connectivity index (χ1v) is 17.8. The summed E-state index contributed by atoms with van der Waals surface area (Å²) in [4.78, 5) is 0. The van der Waals surface area contributed by atoms with E-state index in [-0.39, 0.29) is 0 Å². The minimum Gasteiger partial charge on any atom is -0.457 e. The van der Waals surface area contributed by atoms with Crippen molar-refractivity contribution < 1.29 is 9.47 Å². The first kappa shape index (κ1) is 28.9.